The number of hydrogen-bond donors (Lipinski definition) is 2. The quantitative estimate of drug-likeness (QED) is 0.594. The van der Waals surface area contributed by atoms with Gasteiger partial charge in [-0.05, 0) is 69.5 Å². The van der Waals surface area contributed by atoms with Crippen molar-refractivity contribution in [1.82, 2.24) is 15.0 Å². The molecule has 2 amide bonds. The van der Waals surface area contributed by atoms with E-state index < -0.39 is 5.76 Å². The highest BCUT2D eigenvalue weighted by Crippen LogP contribution is 2.23. The van der Waals surface area contributed by atoms with E-state index in [9.17, 15) is 14.4 Å². The van der Waals surface area contributed by atoms with Crippen molar-refractivity contribution < 1.29 is 18.8 Å². The molecule has 3 aromatic rings. The lowest BCUT2D eigenvalue weighted by Crippen LogP contribution is -2.49. The minimum atomic E-state index is -0.650. The summed E-state index contributed by atoms with van der Waals surface area (Å²) in [7, 11) is 0. The molecular weight excluding hydrogens is 424 g/mol. The molecule has 4 rings (SSSR count). The molecule has 0 spiro atoms. The number of rotatable bonds is 6. The molecule has 9 nitrogen and oxygen atoms in total. The Morgan fingerprint density at radius 3 is 2.55 bits per heavy atom. The lowest BCUT2D eigenvalue weighted by Gasteiger charge is -2.38. The lowest BCUT2D eigenvalue weighted by atomic mass is 9.97. The molecule has 1 aromatic heterocycles. The van der Waals surface area contributed by atoms with Crippen LogP contribution >= 0.6 is 0 Å². The van der Waals surface area contributed by atoms with E-state index in [4.69, 9.17) is 4.74 Å². The summed E-state index contributed by atoms with van der Waals surface area (Å²) in [4.78, 5) is 40.8. The van der Waals surface area contributed by atoms with Gasteiger partial charge in [-0.1, -0.05) is 17.3 Å². The standard InChI is InChI=1S/C24H26N4O5/c1-15-5-3-6-16(2)28(15)21(29)14-32-20-11-9-17(10-12-20)23(30)25-19-8-4-7-18(13-19)22-26-24(31)33-27-22/h4,7-13,15-16H,3,5-6,14H2,1-2H3,(H,25,30)(H,26,27,31). The largest absolute Gasteiger partial charge is 0.484 e. The van der Waals surface area contributed by atoms with E-state index in [0.29, 0.717) is 22.6 Å². The Bertz CT molecular complexity index is 1170. The topological polar surface area (TPSA) is 118 Å². The van der Waals surface area contributed by atoms with Crippen LogP contribution < -0.4 is 15.8 Å². The van der Waals surface area contributed by atoms with Gasteiger partial charge in [-0.2, -0.15) is 0 Å². The van der Waals surface area contributed by atoms with Crippen LogP contribution in [0.25, 0.3) is 11.4 Å². The molecule has 1 fully saturated rings. The van der Waals surface area contributed by atoms with Gasteiger partial charge >= 0.3 is 5.76 Å². The van der Waals surface area contributed by atoms with Crippen molar-refractivity contribution in [2.45, 2.75) is 45.2 Å². The fraction of sp³-hybridized carbons (Fsp3) is 0.333. The summed E-state index contributed by atoms with van der Waals surface area (Å²) in [5, 5.41) is 6.45. The second-order valence-electron chi connectivity index (χ2n) is 8.22. The van der Waals surface area contributed by atoms with E-state index in [-0.39, 0.29) is 36.3 Å². The molecule has 2 atom stereocenters. The van der Waals surface area contributed by atoms with Gasteiger partial charge in [0.1, 0.15) is 5.75 Å². The smallest absolute Gasteiger partial charge is 0.439 e. The number of carbonyl (C=O) groups is 2. The number of anilines is 1. The van der Waals surface area contributed by atoms with Crippen LogP contribution in [0.5, 0.6) is 5.75 Å². The fourth-order valence-corrected chi connectivity index (χ4v) is 4.14. The molecule has 33 heavy (non-hydrogen) atoms. The van der Waals surface area contributed by atoms with E-state index in [1.807, 2.05) is 4.90 Å². The second kappa shape index (κ2) is 9.72. The number of nitrogens with one attached hydrogen (secondary N) is 2. The number of H-pyrrole nitrogens is 1. The van der Waals surface area contributed by atoms with Crippen molar-refractivity contribution in [3.63, 3.8) is 0 Å². The first-order chi connectivity index (χ1) is 15.9. The van der Waals surface area contributed by atoms with E-state index in [0.717, 1.165) is 19.3 Å². The second-order valence-corrected chi connectivity index (χ2v) is 8.22. The Morgan fingerprint density at radius 1 is 1.15 bits per heavy atom. The van der Waals surface area contributed by atoms with Gasteiger partial charge < -0.3 is 15.0 Å². The van der Waals surface area contributed by atoms with E-state index in [2.05, 4.69) is 33.8 Å². The first-order valence-electron chi connectivity index (χ1n) is 10.9. The first kappa shape index (κ1) is 22.3. The highest BCUT2D eigenvalue weighted by Gasteiger charge is 2.29. The first-order valence-corrected chi connectivity index (χ1v) is 10.9. The zero-order valence-electron chi connectivity index (χ0n) is 18.5. The lowest BCUT2D eigenvalue weighted by molar-refractivity contribution is -0.139. The molecule has 2 aromatic carbocycles. The van der Waals surface area contributed by atoms with Crippen LogP contribution in [-0.2, 0) is 4.79 Å². The van der Waals surface area contributed by atoms with Gasteiger partial charge in [0.25, 0.3) is 11.8 Å². The van der Waals surface area contributed by atoms with Gasteiger partial charge in [0.15, 0.2) is 12.4 Å². The molecule has 9 heteroatoms. The van der Waals surface area contributed by atoms with Gasteiger partial charge in [-0.15, -0.1) is 0 Å². The molecule has 1 aliphatic heterocycles. The molecule has 0 saturated carbocycles. The summed E-state index contributed by atoms with van der Waals surface area (Å²) in [6.07, 6.45) is 3.17. The van der Waals surface area contributed by atoms with Crippen LogP contribution in [0.1, 0.15) is 43.5 Å². The van der Waals surface area contributed by atoms with Gasteiger partial charge in [0, 0.05) is 28.9 Å². The Balaban J connectivity index is 1.35. The highest BCUT2D eigenvalue weighted by molar-refractivity contribution is 6.04. The zero-order chi connectivity index (χ0) is 23.4. The number of piperidine rings is 1. The third kappa shape index (κ3) is 5.31. The summed E-state index contributed by atoms with van der Waals surface area (Å²) in [6, 6.07) is 13.9. The molecule has 0 bridgehead atoms. The highest BCUT2D eigenvalue weighted by atomic mass is 16.5. The maximum atomic E-state index is 12.6. The molecule has 1 aliphatic rings. The van der Waals surface area contributed by atoms with Gasteiger partial charge in [-0.3, -0.25) is 19.1 Å². The maximum absolute atomic E-state index is 12.6. The monoisotopic (exact) mass is 450 g/mol. The Morgan fingerprint density at radius 2 is 1.88 bits per heavy atom. The number of hydrogen-bond acceptors (Lipinski definition) is 6. The summed E-state index contributed by atoms with van der Waals surface area (Å²) in [6.45, 7) is 4.11. The number of benzene rings is 2. The van der Waals surface area contributed by atoms with Crippen molar-refractivity contribution in [2.75, 3.05) is 11.9 Å². The summed E-state index contributed by atoms with van der Waals surface area (Å²) in [5.74, 6) is -0.178. The maximum Gasteiger partial charge on any atom is 0.439 e. The van der Waals surface area contributed by atoms with E-state index in [1.54, 1.807) is 48.5 Å². The predicted octanol–water partition coefficient (Wildman–Crippen LogP) is 3.45. The number of nitrogens with zero attached hydrogens (tertiary/aromatic N) is 2. The summed E-state index contributed by atoms with van der Waals surface area (Å²) in [5.41, 5.74) is 1.58. The van der Waals surface area contributed by atoms with Crippen LogP contribution in [0.3, 0.4) is 0 Å². The zero-order valence-corrected chi connectivity index (χ0v) is 18.5. The van der Waals surface area contributed by atoms with Crippen molar-refractivity contribution in [3.05, 3.63) is 64.6 Å². The Kier molecular flexibility index (Phi) is 6.58. The molecular formula is C24H26N4O5. The number of likely N-dealkylation sites (tertiary alicyclic amines) is 1. The molecule has 0 radical (unpaired) electrons. The molecule has 172 valence electrons. The third-order valence-electron chi connectivity index (χ3n) is 5.79. The molecule has 1 saturated heterocycles. The molecule has 2 N–H and O–H groups in total. The normalized spacial score (nSPS) is 18.1. The van der Waals surface area contributed by atoms with Gasteiger partial charge in [-0.25, -0.2) is 4.79 Å². The van der Waals surface area contributed by atoms with Crippen molar-refractivity contribution >= 4 is 17.5 Å². The third-order valence-corrected chi connectivity index (χ3v) is 5.79. The fourth-order valence-electron chi connectivity index (χ4n) is 4.14. The number of aromatic nitrogens is 2. The molecule has 0 aliphatic carbocycles. The predicted molar refractivity (Wildman–Crippen MR) is 122 cm³/mol. The van der Waals surface area contributed by atoms with E-state index in [1.165, 1.54) is 0 Å². The minimum absolute atomic E-state index is 0.0233. The number of carbonyl (C=O) groups excluding carboxylic acids is 2. The minimum Gasteiger partial charge on any atom is -0.484 e. The van der Waals surface area contributed by atoms with Crippen molar-refractivity contribution in [1.29, 1.82) is 0 Å². The van der Waals surface area contributed by atoms with Gasteiger partial charge in [0.2, 0.25) is 0 Å². The SMILES string of the molecule is CC1CCCC(C)N1C(=O)COc1ccc(C(=O)Nc2cccc(-c3noc(=O)[nH]3)c2)cc1. The van der Waals surface area contributed by atoms with Crippen LogP contribution in [0.15, 0.2) is 57.8 Å². The van der Waals surface area contributed by atoms with Crippen molar-refractivity contribution in [2.24, 2.45) is 0 Å². The Hall–Kier alpha value is -3.88. The summed E-state index contributed by atoms with van der Waals surface area (Å²) < 4.78 is 10.2. The Labute approximate surface area is 190 Å². The number of aromatic amines is 1. The van der Waals surface area contributed by atoms with E-state index >= 15 is 0 Å². The van der Waals surface area contributed by atoms with Crippen molar-refractivity contribution in [3.8, 4) is 17.1 Å². The number of amides is 2. The molecule has 2 heterocycles. The van der Waals surface area contributed by atoms with Crippen LogP contribution in [0.4, 0.5) is 5.69 Å². The average molecular weight is 450 g/mol. The molecule has 2 unspecified atom stereocenters. The van der Waals surface area contributed by atoms with Crippen LogP contribution in [0.2, 0.25) is 0 Å². The summed E-state index contributed by atoms with van der Waals surface area (Å²) >= 11 is 0. The van der Waals surface area contributed by atoms with Crippen LogP contribution in [0, 0.1) is 0 Å². The number of ether oxygens (including phenoxy) is 1. The van der Waals surface area contributed by atoms with Gasteiger partial charge in [0.05, 0.1) is 0 Å². The average Bonchev–Trinajstić information content (AvgIpc) is 3.24. The van der Waals surface area contributed by atoms with Crippen LogP contribution in [-0.4, -0.2) is 45.5 Å².